The number of ether oxygens (including phenoxy) is 1. The molecule has 1 aliphatic heterocycles. The lowest BCUT2D eigenvalue weighted by atomic mass is 10.2. The second kappa shape index (κ2) is 8.48. The average Bonchev–Trinajstić information content (AvgIpc) is 2.69. The van der Waals surface area contributed by atoms with Gasteiger partial charge in [-0.15, -0.1) is 0 Å². The first-order valence-corrected chi connectivity index (χ1v) is 10.0. The molecule has 0 aromatic heterocycles. The Kier molecular flexibility index (Phi) is 6.06. The summed E-state index contributed by atoms with van der Waals surface area (Å²) in [6.45, 7) is 3.04. The van der Waals surface area contributed by atoms with Gasteiger partial charge in [0.05, 0.1) is 16.5 Å². The molecular weight excluding hydrogens is 369 g/mol. The summed E-state index contributed by atoms with van der Waals surface area (Å²) in [4.78, 5) is 2.11. The van der Waals surface area contributed by atoms with Crippen molar-refractivity contribution in [3.63, 3.8) is 0 Å². The van der Waals surface area contributed by atoms with Gasteiger partial charge in [-0.3, -0.25) is 4.90 Å². The first-order valence-electron chi connectivity index (χ1n) is 8.60. The van der Waals surface area contributed by atoms with Gasteiger partial charge in [-0.1, -0.05) is 6.07 Å². The SMILES string of the molecule is N#Cc1ccc(OCCN2CCN(S(=O)(=O)c3cccc(F)c3)CC2)cc1. The van der Waals surface area contributed by atoms with Gasteiger partial charge in [-0.05, 0) is 42.5 Å². The molecule has 2 aromatic rings. The van der Waals surface area contributed by atoms with Crippen LogP contribution in [0.15, 0.2) is 53.4 Å². The normalized spacial score (nSPS) is 16.0. The number of sulfonamides is 1. The molecule has 0 atom stereocenters. The number of piperazine rings is 1. The molecule has 0 unspecified atom stereocenters. The number of rotatable bonds is 6. The lowest BCUT2D eigenvalue weighted by molar-refractivity contribution is 0.159. The van der Waals surface area contributed by atoms with Crippen molar-refractivity contribution in [3.05, 3.63) is 59.9 Å². The number of nitriles is 1. The quantitative estimate of drug-likeness (QED) is 0.756. The molecule has 0 amide bonds. The number of hydrogen-bond donors (Lipinski definition) is 0. The van der Waals surface area contributed by atoms with Crippen LogP contribution >= 0.6 is 0 Å². The molecule has 1 saturated heterocycles. The van der Waals surface area contributed by atoms with E-state index in [0.29, 0.717) is 50.6 Å². The molecule has 6 nitrogen and oxygen atoms in total. The molecule has 27 heavy (non-hydrogen) atoms. The van der Waals surface area contributed by atoms with Crippen LogP contribution in [0.4, 0.5) is 4.39 Å². The predicted octanol–water partition coefficient (Wildman–Crippen LogP) is 2.08. The molecule has 2 aromatic carbocycles. The van der Waals surface area contributed by atoms with Crippen molar-refractivity contribution in [2.45, 2.75) is 4.90 Å². The Morgan fingerprint density at radius 3 is 2.41 bits per heavy atom. The Morgan fingerprint density at radius 1 is 1.07 bits per heavy atom. The Hall–Kier alpha value is -2.47. The third kappa shape index (κ3) is 4.83. The molecule has 0 N–H and O–H groups in total. The summed E-state index contributed by atoms with van der Waals surface area (Å²) in [7, 11) is -3.67. The van der Waals surface area contributed by atoms with Crippen LogP contribution in [0.3, 0.4) is 0 Å². The summed E-state index contributed by atoms with van der Waals surface area (Å²) in [5, 5.41) is 8.78. The maximum atomic E-state index is 13.3. The third-order valence-corrected chi connectivity index (χ3v) is 6.32. The van der Waals surface area contributed by atoms with Crippen LogP contribution in [0.25, 0.3) is 0 Å². The standard InChI is InChI=1S/C19H20FN3O3S/c20-17-2-1-3-19(14-17)27(24,25)23-10-8-22(9-11-23)12-13-26-18-6-4-16(15-21)5-7-18/h1-7,14H,8-13H2. The highest BCUT2D eigenvalue weighted by atomic mass is 32.2. The molecule has 0 radical (unpaired) electrons. The zero-order chi connectivity index (χ0) is 19.3. The van der Waals surface area contributed by atoms with Gasteiger partial charge in [0.15, 0.2) is 0 Å². The van der Waals surface area contributed by atoms with Gasteiger partial charge in [0.2, 0.25) is 10.0 Å². The van der Waals surface area contributed by atoms with Gasteiger partial charge in [0.1, 0.15) is 18.2 Å². The molecule has 0 aliphatic carbocycles. The Bertz CT molecular complexity index is 918. The minimum absolute atomic E-state index is 0.0138. The minimum Gasteiger partial charge on any atom is -0.492 e. The Morgan fingerprint density at radius 2 is 1.78 bits per heavy atom. The van der Waals surface area contributed by atoms with Gasteiger partial charge >= 0.3 is 0 Å². The second-order valence-corrected chi connectivity index (χ2v) is 8.13. The molecule has 1 aliphatic rings. The monoisotopic (exact) mass is 389 g/mol. The molecule has 1 fully saturated rings. The van der Waals surface area contributed by atoms with E-state index in [1.54, 1.807) is 24.3 Å². The average molecular weight is 389 g/mol. The molecule has 0 saturated carbocycles. The highest BCUT2D eigenvalue weighted by Gasteiger charge is 2.28. The fourth-order valence-corrected chi connectivity index (χ4v) is 4.34. The maximum absolute atomic E-state index is 13.3. The highest BCUT2D eigenvalue weighted by Crippen LogP contribution is 2.18. The first kappa shape index (κ1) is 19.3. The van der Waals surface area contributed by atoms with Crippen LogP contribution in [0.1, 0.15) is 5.56 Å². The molecule has 142 valence electrons. The van der Waals surface area contributed by atoms with Crippen molar-refractivity contribution < 1.29 is 17.5 Å². The summed E-state index contributed by atoms with van der Waals surface area (Å²) in [5.74, 6) is 0.135. The molecule has 0 spiro atoms. The first-order chi connectivity index (χ1) is 13.0. The zero-order valence-corrected chi connectivity index (χ0v) is 15.5. The van der Waals surface area contributed by atoms with Crippen molar-refractivity contribution in [2.75, 3.05) is 39.3 Å². The number of hydrogen-bond acceptors (Lipinski definition) is 5. The van der Waals surface area contributed by atoms with Crippen LogP contribution in [0.2, 0.25) is 0 Å². The minimum atomic E-state index is -3.67. The summed E-state index contributed by atoms with van der Waals surface area (Å²) >= 11 is 0. The highest BCUT2D eigenvalue weighted by molar-refractivity contribution is 7.89. The molecule has 3 rings (SSSR count). The van der Waals surface area contributed by atoms with E-state index in [9.17, 15) is 12.8 Å². The van der Waals surface area contributed by atoms with E-state index in [1.165, 1.54) is 22.5 Å². The van der Waals surface area contributed by atoms with E-state index in [2.05, 4.69) is 11.0 Å². The molecule has 8 heteroatoms. The van der Waals surface area contributed by atoms with Crippen LogP contribution < -0.4 is 4.74 Å². The Balaban J connectivity index is 1.48. The van der Waals surface area contributed by atoms with Crippen LogP contribution in [-0.2, 0) is 10.0 Å². The lowest BCUT2D eigenvalue weighted by Crippen LogP contribution is -2.49. The molecule has 1 heterocycles. The lowest BCUT2D eigenvalue weighted by Gasteiger charge is -2.33. The van der Waals surface area contributed by atoms with Gasteiger partial charge in [0.25, 0.3) is 0 Å². The number of benzene rings is 2. The van der Waals surface area contributed by atoms with E-state index >= 15 is 0 Å². The predicted molar refractivity (Wildman–Crippen MR) is 98.3 cm³/mol. The topological polar surface area (TPSA) is 73.6 Å². The molecular formula is C19H20FN3O3S. The van der Waals surface area contributed by atoms with Gasteiger partial charge < -0.3 is 4.74 Å². The number of halogens is 1. The van der Waals surface area contributed by atoms with Crippen molar-refractivity contribution in [2.24, 2.45) is 0 Å². The fourth-order valence-electron chi connectivity index (χ4n) is 2.89. The van der Waals surface area contributed by atoms with E-state index in [4.69, 9.17) is 10.00 Å². The molecule has 0 bridgehead atoms. The van der Waals surface area contributed by atoms with Gasteiger partial charge in [-0.2, -0.15) is 9.57 Å². The van der Waals surface area contributed by atoms with Crippen LogP contribution in [0, 0.1) is 17.1 Å². The summed E-state index contributed by atoms with van der Waals surface area (Å²) in [6.07, 6.45) is 0. The maximum Gasteiger partial charge on any atom is 0.243 e. The Labute approximate surface area is 158 Å². The van der Waals surface area contributed by atoms with E-state index in [1.807, 2.05) is 0 Å². The van der Waals surface area contributed by atoms with Gasteiger partial charge in [-0.25, -0.2) is 12.8 Å². The van der Waals surface area contributed by atoms with Gasteiger partial charge in [0, 0.05) is 32.7 Å². The van der Waals surface area contributed by atoms with E-state index in [-0.39, 0.29) is 4.90 Å². The van der Waals surface area contributed by atoms with E-state index in [0.717, 1.165) is 6.07 Å². The van der Waals surface area contributed by atoms with E-state index < -0.39 is 15.8 Å². The van der Waals surface area contributed by atoms with Crippen molar-refractivity contribution >= 4 is 10.0 Å². The third-order valence-electron chi connectivity index (χ3n) is 4.42. The zero-order valence-electron chi connectivity index (χ0n) is 14.7. The van der Waals surface area contributed by atoms with Crippen LogP contribution in [-0.4, -0.2) is 57.0 Å². The second-order valence-electron chi connectivity index (χ2n) is 6.19. The smallest absolute Gasteiger partial charge is 0.243 e. The summed E-state index contributed by atoms with van der Waals surface area (Å²) in [5.41, 5.74) is 0.581. The van der Waals surface area contributed by atoms with Crippen molar-refractivity contribution in [1.29, 1.82) is 5.26 Å². The van der Waals surface area contributed by atoms with Crippen LogP contribution in [0.5, 0.6) is 5.75 Å². The summed E-state index contributed by atoms with van der Waals surface area (Å²) < 4.78 is 45.6. The number of nitrogens with zero attached hydrogens (tertiary/aromatic N) is 3. The van der Waals surface area contributed by atoms with Crippen molar-refractivity contribution in [1.82, 2.24) is 9.21 Å². The van der Waals surface area contributed by atoms with Crippen molar-refractivity contribution in [3.8, 4) is 11.8 Å². The largest absolute Gasteiger partial charge is 0.492 e. The summed E-state index contributed by atoms with van der Waals surface area (Å²) in [6, 6.07) is 14.0. The fraction of sp³-hybridized carbons (Fsp3) is 0.316.